The number of alkyl halides is 1. The predicted molar refractivity (Wildman–Crippen MR) is 101 cm³/mol. The van der Waals surface area contributed by atoms with E-state index >= 15 is 0 Å². The Morgan fingerprint density at radius 1 is 1.15 bits per heavy atom. The van der Waals surface area contributed by atoms with Crippen LogP contribution in [0.15, 0.2) is 34.7 Å². The highest BCUT2D eigenvalue weighted by atomic mass is 35.5. The Kier molecular flexibility index (Phi) is 5.29. The van der Waals surface area contributed by atoms with Crippen LogP contribution in [-0.4, -0.2) is 38.3 Å². The Labute approximate surface area is 160 Å². The molecule has 0 aliphatic carbocycles. The molecule has 2 heterocycles. The summed E-state index contributed by atoms with van der Waals surface area (Å²) in [5.74, 6) is 1.28. The molecule has 26 heavy (non-hydrogen) atoms. The van der Waals surface area contributed by atoms with Gasteiger partial charge in [-0.05, 0) is 18.2 Å². The molecule has 1 unspecified atom stereocenters. The van der Waals surface area contributed by atoms with Crippen LogP contribution in [-0.2, 0) is 11.4 Å². The van der Waals surface area contributed by atoms with Crippen LogP contribution in [0.5, 0.6) is 17.2 Å². The topological polar surface area (TPSA) is 70.0 Å². The van der Waals surface area contributed by atoms with Gasteiger partial charge in [-0.1, -0.05) is 0 Å². The van der Waals surface area contributed by atoms with Crippen LogP contribution >= 0.6 is 22.9 Å². The number of thiazole rings is 1. The lowest BCUT2D eigenvalue weighted by molar-refractivity contribution is 0.0919. The minimum atomic E-state index is -1.23. The third-order valence-corrected chi connectivity index (χ3v) is 5.30. The van der Waals surface area contributed by atoms with E-state index < -0.39 is 5.54 Å². The van der Waals surface area contributed by atoms with Gasteiger partial charge < -0.3 is 14.2 Å². The normalized spacial score (nSPS) is 18.2. The molecule has 0 saturated carbocycles. The molecule has 0 fully saturated rings. The molecular weight excluding hydrogens is 376 g/mol. The highest BCUT2D eigenvalue weighted by molar-refractivity contribution is 7.10. The number of hydrogen-bond donors (Lipinski definition) is 0. The van der Waals surface area contributed by atoms with E-state index in [9.17, 15) is 4.79 Å². The van der Waals surface area contributed by atoms with Crippen molar-refractivity contribution in [2.24, 2.45) is 4.99 Å². The van der Waals surface area contributed by atoms with E-state index in [2.05, 4.69) is 9.98 Å². The first-order valence-corrected chi connectivity index (χ1v) is 9.09. The number of aliphatic imine (C=N–C) groups is 1. The number of carbonyl (C=O) groups excluding carboxylic acids is 1. The van der Waals surface area contributed by atoms with Crippen molar-refractivity contribution in [2.45, 2.75) is 11.4 Å². The number of rotatable bonds is 7. The van der Waals surface area contributed by atoms with Crippen molar-refractivity contribution in [1.29, 1.82) is 0 Å². The number of benzene rings is 1. The maximum absolute atomic E-state index is 13.5. The molecule has 1 aliphatic rings. The molecule has 0 spiro atoms. The van der Waals surface area contributed by atoms with E-state index in [1.165, 1.54) is 32.7 Å². The van der Waals surface area contributed by atoms with Gasteiger partial charge >= 0.3 is 0 Å². The molecule has 8 heteroatoms. The van der Waals surface area contributed by atoms with Gasteiger partial charge in [0.25, 0.3) is 0 Å². The minimum Gasteiger partial charge on any atom is -0.496 e. The van der Waals surface area contributed by atoms with E-state index in [-0.39, 0.29) is 11.7 Å². The maximum atomic E-state index is 13.5. The summed E-state index contributed by atoms with van der Waals surface area (Å²) in [6.07, 6.45) is 5.04. The summed E-state index contributed by atoms with van der Waals surface area (Å²) in [5.41, 5.74) is -0.202. The SMILES string of the molecule is COc1cc(OC)c(C(=O)C2(c3nc(CCl)cs3)C=CC=N2)cc1OC. The predicted octanol–water partition coefficient (Wildman–Crippen LogP) is 3.63. The van der Waals surface area contributed by atoms with Crippen molar-refractivity contribution in [3.05, 3.63) is 45.9 Å². The quantitative estimate of drug-likeness (QED) is 0.531. The van der Waals surface area contributed by atoms with Crippen molar-refractivity contribution in [3.63, 3.8) is 0 Å². The number of halogens is 1. The van der Waals surface area contributed by atoms with Crippen LogP contribution in [0.4, 0.5) is 0 Å². The molecular formula is C18H17ClN2O4S. The summed E-state index contributed by atoms with van der Waals surface area (Å²) < 4.78 is 16.0. The van der Waals surface area contributed by atoms with Crippen LogP contribution in [0.1, 0.15) is 21.1 Å². The molecule has 0 saturated heterocycles. The molecule has 0 N–H and O–H groups in total. The van der Waals surface area contributed by atoms with Gasteiger partial charge in [-0.15, -0.1) is 22.9 Å². The largest absolute Gasteiger partial charge is 0.496 e. The molecule has 136 valence electrons. The van der Waals surface area contributed by atoms with E-state index in [0.29, 0.717) is 33.5 Å². The van der Waals surface area contributed by atoms with Gasteiger partial charge in [0.15, 0.2) is 17.0 Å². The number of ketones is 1. The van der Waals surface area contributed by atoms with Crippen LogP contribution in [0.3, 0.4) is 0 Å². The standard InChI is InChI=1S/C18H17ClN2O4S/c1-23-13-8-15(25-3)14(24-2)7-12(13)16(22)18(5-4-6-20-18)17-21-11(9-19)10-26-17/h4-8,10H,9H2,1-3H3. The van der Waals surface area contributed by atoms with Gasteiger partial charge in [-0.25, -0.2) is 4.98 Å². The molecule has 2 aromatic rings. The van der Waals surface area contributed by atoms with Gasteiger partial charge in [0.1, 0.15) is 10.8 Å². The summed E-state index contributed by atoms with van der Waals surface area (Å²) in [6, 6.07) is 3.22. The van der Waals surface area contributed by atoms with Gasteiger partial charge in [0, 0.05) is 17.7 Å². The van der Waals surface area contributed by atoms with Crippen molar-refractivity contribution in [2.75, 3.05) is 21.3 Å². The summed E-state index contributed by atoms with van der Waals surface area (Å²) in [5, 5.41) is 2.38. The fourth-order valence-corrected chi connectivity index (χ4v) is 3.87. The van der Waals surface area contributed by atoms with Crippen molar-refractivity contribution in [3.8, 4) is 17.2 Å². The number of allylic oxidation sites excluding steroid dienone is 1. The summed E-state index contributed by atoms with van der Waals surface area (Å²) in [4.78, 5) is 22.4. The third-order valence-electron chi connectivity index (χ3n) is 4.01. The van der Waals surface area contributed by atoms with Crippen LogP contribution < -0.4 is 14.2 Å². The first-order chi connectivity index (χ1) is 12.6. The molecule has 3 rings (SSSR count). The minimum absolute atomic E-state index is 0.268. The average Bonchev–Trinajstić information content (AvgIpc) is 3.36. The zero-order valence-corrected chi connectivity index (χ0v) is 16.1. The lowest BCUT2D eigenvalue weighted by Gasteiger charge is -2.22. The number of hydrogen-bond acceptors (Lipinski definition) is 7. The summed E-state index contributed by atoms with van der Waals surface area (Å²) >= 11 is 7.21. The van der Waals surface area contributed by atoms with Crippen LogP contribution in [0.25, 0.3) is 0 Å². The third kappa shape index (κ3) is 2.97. The van der Waals surface area contributed by atoms with Crippen LogP contribution in [0, 0.1) is 0 Å². The van der Waals surface area contributed by atoms with Crippen molar-refractivity contribution < 1.29 is 19.0 Å². The number of methoxy groups -OCH3 is 3. The van der Waals surface area contributed by atoms with E-state index in [4.69, 9.17) is 25.8 Å². The maximum Gasteiger partial charge on any atom is 0.205 e. The van der Waals surface area contributed by atoms with Gasteiger partial charge in [0.05, 0.1) is 38.5 Å². The van der Waals surface area contributed by atoms with E-state index in [1.807, 2.05) is 5.38 Å². The number of nitrogens with zero attached hydrogens (tertiary/aromatic N) is 2. The zero-order valence-electron chi connectivity index (χ0n) is 14.5. The highest BCUT2D eigenvalue weighted by Gasteiger charge is 2.43. The molecule has 0 radical (unpaired) electrons. The lowest BCUT2D eigenvalue weighted by Crippen LogP contribution is -2.31. The Hall–Kier alpha value is -2.38. The average molecular weight is 393 g/mol. The molecule has 0 amide bonds. The second kappa shape index (κ2) is 7.47. The molecule has 1 aromatic carbocycles. The Balaban J connectivity index is 2.14. The first kappa shape index (κ1) is 18.4. The summed E-state index contributed by atoms with van der Waals surface area (Å²) in [6.45, 7) is 0. The molecule has 6 nitrogen and oxygen atoms in total. The van der Waals surface area contributed by atoms with Crippen LogP contribution in [0.2, 0.25) is 0 Å². The second-order valence-electron chi connectivity index (χ2n) is 5.42. The fraction of sp³-hybridized carbons (Fsp3) is 0.278. The molecule has 1 atom stereocenters. The zero-order chi connectivity index (χ0) is 18.7. The fourth-order valence-electron chi connectivity index (χ4n) is 2.70. The van der Waals surface area contributed by atoms with E-state index in [0.717, 1.165) is 0 Å². The second-order valence-corrected chi connectivity index (χ2v) is 6.54. The van der Waals surface area contributed by atoms with Gasteiger partial charge in [-0.2, -0.15) is 0 Å². The smallest absolute Gasteiger partial charge is 0.205 e. The Bertz CT molecular complexity index is 879. The highest BCUT2D eigenvalue weighted by Crippen LogP contribution is 2.41. The number of Topliss-reactive ketones (excluding diaryl/α,β-unsaturated/α-hetero) is 1. The molecule has 1 aromatic heterocycles. The number of carbonyl (C=O) groups is 1. The van der Waals surface area contributed by atoms with Gasteiger partial charge in [0.2, 0.25) is 5.78 Å². The number of ether oxygens (including phenoxy) is 3. The van der Waals surface area contributed by atoms with Crippen molar-refractivity contribution in [1.82, 2.24) is 4.98 Å². The molecule has 0 bridgehead atoms. The van der Waals surface area contributed by atoms with Gasteiger partial charge in [-0.3, -0.25) is 9.79 Å². The van der Waals surface area contributed by atoms with E-state index in [1.54, 1.807) is 30.5 Å². The first-order valence-electron chi connectivity index (χ1n) is 7.68. The molecule has 1 aliphatic heterocycles. The monoisotopic (exact) mass is 392 g/mol. The lowest BCUT2D eigenvalue weighted by atomic mass is 9.90. The van der Waals surface area contributed by atoms with Crippen molar-refractivity contribution >= 4 is 34.9 Å². The number of aromatic nitrogens is 1. The Morgan fingerprint density at radius 3 is 2.38 bits per heavy atom. The summed E-state index contributed by atoms with van der Waals surface area (Å²) in [7, 11) is 4.52. The Morgan fingerprint density at radius 2 is 1.85 bits per heavy atom.